The van der Waals surface area contributed by atoms with Crippen molar-refractivity contribution in [1.82, 2.24) is 14.7 Å². The SMILES string of the molecule is CN(Cc1ccc2c(c1)OCCO2)C(=O)COC(=O)c1ccc(-n2cccn2)cc1. The normalized spacial score (nSPS) is 12.3. The van der Waals surface area contributed by atoms with Crippen molar-refractivity contribution in [2.45, 2.75) is 6.54 Å². The van der Waals surface area contributed by atoms with E-state index in [9.17, 15) is 9.59 Å². The fourth-order valence-electron chi connectivity index (χ4n) is 3.04. The summed E-state index contributed by atoms with van der Waals surface area (Å²) in [6, 6.07) is 14.2. The van der Waals surface area contributed by atoms with Gasteiger partial charge in [-0.2, -0.15) is 5.10 Å². The van der Waals surface area contributed by atoms with Gasteiger partial charge in [0.05, 0.1) is 11.3 Å². The van der Waals surface area contributed by atoms with Crippen LogP contribution >= 0.6 is 0 Å². The Hall–Kier alpha value is -3.81. The highest BCUT2D eigenvalue weighted by Crippen LogP contribution is 2.31. The summed E-state index contributed by atoms with van der Waals surface area (Å²) in [5.74, 6) is 0.519. The maximum absolute atomic E-state index is 12.4. The molecular formula is C22H21N3O5. The number of hydrogen-bond acceptors (Lipinski definition) is 6. The maximum Gasteiger partial charge on any atom is 0.338 e. The first-order valence-electron chi connectivity index (χ1n) is 9.50. The molecule has 0 unspecified atom stereocenters. The van der Waals surface area contributed by atoms with E-state index in [1.165, 1.54) is 4.90 Å². The number of esters is 1. The van der Waals surface area contributed by atoms with Crippen LogP contribution in [0.5, 0.6) is 11.5 Å². The molecule has 8 nitrogen and oxygen atoms in total. The summed E-state index contributed by atoms with van der Waals surface area (Å²) in [5.41, 5.74) is 2.09. The van der Waals surface area contributed by atoms with Crippen molar-refractivity contribution in [3.05, 3.63) is 72.1 Å². The Labute approximate surface area is 173 Å². The smallest absolute Gasteiger partial charge is 0.338 e. The second-order valence-electron chi connectivity index (χ2n) is 6.80. The number of nitrogens with zero attached hydrogens (tertiary/aromatic N) is 3. The molecule has 0 N–H and O–H groups in total. The quantitative estimate of drug-likeness (QED) is 0.584. The van der Waals surface area contributed by atoms with Crippen LogP contribution in [-0.4, -0.2) is 53.4 Å². The van der Waals surface area contributed by atoms with Crippen LogP contribution in [0.25, 0.3) is 5.69 Å². The largest absolute Gasteiger partial charge is 0.486 e. The molecule has 30 heavy (non-hydrogen) atoms. The van der Waals surface area contributed by atoms with Gasteiger partial charge in [0.15, 0.2) is 18.1 Å². The number of hydrogen-bond donors (Lipinski definition) is 0. The van der Waals surface area contributed by atoms with Gasteiger partial charge in [-0.3, -0.25) is 4.79 Å². The minimum Gasteiger partial charge on any atom is -0.486 e. The molecule has 8 heteroatoms. The average Bonchev–Trinajstić information content (AvgIpc) is 3.32. The van der Waals surface area contributed by atoms with Gasteiger partial charge < -0.3 is 19.1 Å². The number of aromatic nitrogens is 2. The van der Waals surface area contributed by atoms with E-state index in [0.29, 0.717) is 36.8 Å². The van der Waals surface area contributed by atoms with Crippen LogP contribution in [-0.2, 0) is 16.1 Å². The second kappa shape index (κ2) is 8.69. The molecule has 1 aliphatic rings. The van der Waals surface area contributed by atoms with Gasteiger partial charge in [-0.05, 0) is 48.0 Å². The summed E-state index contributed by atoms with van der Waals surface area (Å²) < 4.78 is 17.9. The van der Waals surface area contributed by atoms with Crippen LogP contribution in [0.4, 0.5) is 0 Å². The lowest BCUT2D eigenvalue weighted by Gasteiger charge is -2.21. The zero-order chi connectivity index (χ0) is 20.9. The third kappa shape index (κ3) is 4.43. The molecule has 0 radical (unpaired) electrons. The number of fused-ring (bicyclic) bond motifs is 1. The third-order valence-corrected chi connectivity index (χ3v) is 4.65. The molecule has 0 fully saturated rings. The van der Waals surface area contributed by atoms with E-state index in [4.69, 9.17) is 14.2 Å². The summed E-state index contributed by atoms with van der Waals surface area (Å²) in [5, 5.41) is 4.13. The zero-order valence-corrected chi connectivity index (χ0v) is 16.5. The number of ether oxygens (including phenoxy) is 3. The fourth-order valence-corrected chi connectivity index (χ4v) is 3.04. The van der Waals surface area contributed by atoms with Crippen molar-refractivity contribution < 1.29 is 23.8 Å². The molecule has 0 spiro atoms. The second-order valence-corrected chi connectivity index (χ2v) is 6.80. The van der Waals surface area contributed by atoms with E-state index in [0.717, 1.165) is 11.3 Å². The highest BCUT2D eigenvalue weighted by Gasteiger charge is 2.16. The standard InChI is InChI=1S/C22H21N3O5/c1-24(14-16-3-8-19-20(13-16)29-12-11-28-19)21(26)15-30-22(27)17-4-6-18(7-5-17)25-10-2-9-23-25/h2-10,13H,11-12,14-15H2,1H3. The highest BCUT2D eigenvalue weighted by atomic mass is 16.6. The van der Waals surface area contributed by atoms with Gasteiger partial charge in [-0.15, -0.1) is 0 Å². The minimum absolute atomic E-state index is 0.300. The van der Waals surface area contributed by atoms with Gasteiger partial charge in [-0.25, -0.2) is 9.48 Å². The summed E-state index contributed by atoms with van der Waals surface area (Å²) in [6.07, 6.45) is 3.48. The van der Waals surface area contributed by atoms with Crippen molar-refractivity contribution >= 4 is 11.9 Å². The molecule has 1 amide bonds. The molecule has 2 aromatic carbocycles. The Morgan fingerprint density at radius 2 is 1.87 bits per heavy atom. The van der Waals surface area contributed by atoms with E-state index in [1.807, 2.05) is 30.5 Å². The van der Waals surface area contributed by atoms with E-state index in [1.54, 1.807) is 42.2 Å². The number of carbonyl (C=O) groups excluding carboxylic acids is 2. The van der Waals surface area contributed by atoms with Gasteiger partial charge in [-0.1, -0.05) is 6.07 Å². The maximum atomic E-state index is 12.4. The minimum atomic E-state index is -0.553. The number of benzene rings is 2. The summed E-state index contributed by atoms with van der Waals surface area (Å²) in [4.78, 5) is 26.1. The molecule has 4 rings (SSSR count). The summed E-state index contributed by atoms with van der Waals surface area (Å²) in [7, 11) is 1.66. The molecule has 1 aromatic heterocycles. The molecule has 0 saturated heterocycles. The van der Waals surface area contributed by atoms with Crippen LogP contribution in [0.15, 0.2) is 60.9 Å². The fraction of sp³-hybridized carbons (Fsp3) is 0.227. The van der Waals surface area contributed by atoms with E-state index < -0.39 is 5.97 Å². The highest BCUT2D eigenvalue weighted by molar-refractivity contribution is 5.91. The topological polar surface area (TPSA) is 82.9 Å². The Morgan fingerprint density at radius 1 is 1.10 bits per heavy atom. The van der Waals surface area contributed by atoms with Crippen LogP contribution in [0.2, 0.25) is 0 Å². The predicted octanol–water partition coefficient (Wildman–Crippen LogP) is 2.46. The number of amides is 1. The molecular weight excluding hydrogens is 386 g/mol. The lowest BCUT2D eigenvalue weighted by atomic mass is 10.2. The molecule has 154 valence electrons. The van der Waals surface area contributed by atoms with Crippen LogP contribution in [0, 0.1) is 0 Å². The molecule has 3 aromatic rings. The third-order valence-electron chi connectivity index (χ3n) is 4.65. The van der Waals surface area contributed by atoms with Gasteiger partial charge in [0.1, 0.15) is 13.2 Å². The number of likely N-dealkylation sites (N-methyl/N-ethyl adjacent to an activating group) is 1. The van der Waals surface area contributed by atoms with Crippen molar-refractivity contribution in [1.29, 1.82) is 0 Å². The van der Waals surface area contributed by atoms with Crippen molar-refractivity contribution in [3.8, 4) is 17.2 Å². The van der Waals surface area contributed by atoms with E-state index in [2.05, 4.69) is 5.10 Å². The first-order chi connectivity index (χ1) is 14.6. The van der Waals surface area contributed by atoms with Crippen molar-refractivity contribution in [2.24, 2.45) is 0 Å². The lowest BCUT2D eigenvalue weighted by Crippen LogP contribution is -2.30. The number of rotatable bonds is 6. The monoisotopic (exact) mass is 407 g/mol. The zero-order valence-electron chi connectivity index (χ0n) is 16.5. The first kappa shape index (κ1) is 19.5. The van der Waals surface area contributed by atoms with Crippen LogP contribution < -0.4 is 9.47 Å². The van der Waals surface area contributed by atoms with Gasteiger partial charge >= 0.3 is 5.97 Å². The van der Waals surface area contributed by atoms with Gasteiger partial charge in [0.25, 0.3) is 5.91 Å². The van der Waals surface area contributed by atoms with E-state index >= 15 is 0 Å². The molecule has 1 aliphatic heterocycles. The van der Waals surface area contributed by atoms with Crippen LogP contribution in [0.1, 0.15) is 15.9 Å². The average molecular weight is 407 g/mol. The molecule has 0 aliphatic carbocycles. The van der Waals surface area contributed by atoms with E-state index in [-0.39, 0.29) is 12.5 Å². The summed E-state index contributed by atoms with van der Waals surface area (Å²) in [6.45, 7) is 1.07. The molecule has 0 bridgehead atoms. The Kier molecular flexibility index (Phi) is 5.65. The van der Waals surface area contributed by atoms with Crippen molar-refractivity contribution in [3.63, 3.8) is 0 Å². The Balaban J connectivity index is 1.30. The van der Waals surface area contributed by atoms with Gasteiger partial charge in [0.2, 0.25) is 0 Å². The Bertz CT molecular complexity index is 1030. The lowest BCUT2D eigenvalue weighted by molar-refractivity contribution is -0.133. The number of carbonyl (C=O) groups is 2. The molecule has 0 atom stereocenters. The van der Waals surface area contributed by atoms with Gasteiger partial charge in [0, 0.05) is 26.0 Å². The predicted molar refractivity (Wildman–Crippen MR) is 108 cm³/mol. The molecule has 0 saturated carbocycles. The Morgan fingerprint density at radius 3 is 2.60 bits per heavy atom. The molecule has 2 heterocycles. The summed E-state index contributed by atoms with van der Waals surface area (Å²) >= 11 is 0. The first-order valence-corrected chi connectivity index (χ1v) is 9.50. The van der Waals surface area contributed by atoms with Crippen LogP contribution in [0.3, 0.4) is 0 Å². The van der Waals surface area contributed by atoms with Crippen molar-refractivity contribution in [2.75, 3.05) is 26.9 Å².